The highest BCUT2D eigenvalue weighted by atomic mass is 35.5. The van der Waals surface area contributed by atoms with Crippen LogP contribution >= 0.6 is 23.4 Å². The molecular weight excluding hydrogens is 398 g/mol. The summed E-state index contributed by atoms with van der Waals surface area (Å²) < 4.78 is 10.8. The number of ether oxygens (including phenoxy) is 2. The Morgan fingerprint density at radius 2 is 1.64 bits per heavy atom. The number of benzene rings is 1. The third kappa shape index (κ3) is 8.74. The van der Waals surface area contributed by atoms with Gasteiger partial charge in [0.2, 0.25) is 0 Å². The van der Waals surface area contributed by atoms with Gasteiger partial charge in [-0.2, -0.15) is 11.8 Å². The molecule has 0 aliphatic rings. The number of nitrogens with zero attached hydrogens (tertiary/aromatic N) is 1. The quantitative estimate of drug-likeness (QED) is 0.503. The topological polar surface area (TPSA) is 55.8 Å². The monoisotopic (exact) mass is 429 g/mol. The molecule has 0 bridgehead atoms. The minimum absolute atomic E-state index is 0.0462. The van der Waals surface area contributed by atoms with Crippen molar-refractivity contribution in [3.05, 3.63) is 34.9 Å². The van der Waals surface area contributed by atoms with Crippen LogP contribution in [-0.4, -0.2) is 40.6 Å². The first-order chi connectivity index (χ1) is 12.9. The van der Waals surface area contributed by atoms with Gasteiger partial charge >= 0.3 is 12.2 Å². The molecule has 7 heteroatoms. The van der Waals surface area contributed by atoms with Gasteiger partial charge in [-0.3, -0.25) is 0 Å². The largest absolute Gasteiger partial charge is 0.446 e. The summed E-state index contributed by atoms with van der Waals surface area (Å²) in [5, 5.41) is 0.696. The van der Waals surface area contributed by atoms with E-state index in [1.165, 1.54) is 0 Å². The number of hydrogen-bond donors (Lipinski definition) is 0. The molecule has 0 fully saturated rings. The molecule has 5 nitrogen and oxygen atoms in total. The Morgan fingerprint density at radius 1 is 1.07 bits per heavy atom. The fourth-order valence-corrected chi connectivity index (χ4v) is 3.81. The molecule has 1 atom stereocenters. The number of carbonyl (C=O) groups excluding carboxylic acids is 2. The van der Waals surface area contributed by atoms with Gasteiger partial charge in [-0.15, -0.1) is 0 Å². The molecule has 0 radical (unpaired) electrons. The number of hydrogen-bond acceptors (Lipinski definition) is 5. The average molecular weight is 430 g/mol. The third-order valence-corrected chi connectivity index (χ3v) is 5.06. The standard InChI is InChI=1S/C21H32ClNO4S/c1-14(2)18(13-28-12-16-8-10-17(22)11-9-16)23(19(24)26-15(3)4)20(25)27-21(5,6)7/h8-11,14-15,18H,12-13H2,1-7H3/t18-/m1/s1. The lowest BCUT2D eigenvalue weighted by molar-refractivity contribution is 0.00657. The van der Waals surface area contributed by atoms with Crippen LogP contribution in [0.4, 0.5) is 9.59 Å². The van der Waals surface area contributed by atoms with Gasteiger partial charge in [0.15, 0.2) is 0 Å². The number of carbonyl (C=O) groups is 2. The Balaban J connectivity index is 2.93. The van der Waals surface area contributed by atoms with E-state index in [1.807, 2.05) is 38.1 Å². The highest BCUT2D eigenvalue weighted by Gasteiger charge is 2.36. The van der Waals surface area contributed by atoms with Gasteiger partial charge in [0.05, 0.1) is 12.1 Å². The number of halogens is 1. The first-order valence-electron chi connectivity index (χ1n) is 9.45. The van der Waals surface area contributed by atoms with E-state index in [0.717, 1.165) is 16.2 Å². The van der Waals surface area contributed by atoms with Crippen molar-refractivity contribution in [2.75, 3.05) is 5.75 Å². The second-order valence-electron chi connectivity index (χ2n) is 8.24. The Morgan fingerprint density at radius 3 is 2.11 bits per heavy atom. The third-order valence-electron chi connectivity index (χ3n) is 3.70. The summed E-state index contributed by atoms with van der Waals surface area (Å²) in [7, 11) is 0. The molecule has 28 heavy (non-hydrogen) atoms. The summed E-state index contributed by atoms with van der Waals surface area (Å²) in [6.07, 6.45) is -1.68. The first kappa shape index (κ1) is 24.6. The van der Waals surface area contributed by atoms with E-state index in [1.54, 1.807) is 46.4 Å². The van der Waals surface area contributed by atoms with E-state index in [4.69, 9.17) is 21.1 Å². The highest BCUT2D eigenvalue weighted by Crippen LogP contribution is 2.24. The van der Waals surface area contributed by atoms with Crippen LogP contribution in [0.1, 0.15) is 54.0 Å². The van der Waals surface area contributed by atoms with E-state index < -0.39 is 17.8 Å². The smallest absolute Gasteiger partial charge is 0.420 e. The zero-order chi connectivity index (χ0) is 21.5. The van der Waals surface area contributed by atoms with Crippen molar-refractivity contribution in [2.24, 2.45) is 5.92 Å². The van der Waals surface area contributed by atoms with E-state index in [9.17, 15) is 9.59 Å². The number of amides is 2. The Hall–Kier alpha value is -1.40. The number of imide groups is 1. The van der Waals surface area contributed by atoms with E-state index >= 15 is 0 Å². The summed E-state index contributed by atoms with van der Waals surface area (Å²) in [5.41, 5.74) is 0.427. The minimum atomic E-state index is -0.703. The second kappa shape index (κ2) is 11.0. The zero-order valence-electron chi connectivity index (χ0n) is 17.8. The van der Waals surface area contributed by atoms with Crippen LogP contribution in [-0.2, 0) is 15.2 Å². The molecule has 2 amide bonds. The molecule has 0 aliphatic heterocycles. The SMILES string of the molecule is CC(C)OC(=O)N(C(=O)OC(C)(C)C)[C@H](CSCc1ccc(Cl)cc1)C(C)C. The van der Waals surface area contributed by atoms with Gasteiger partial charge in [0.25, 0.3) is 0 Å². The molecule has 0 aliphatic carbocycles. The van der Waals surface area contributed by atoms with Gasteiger partial charge < -0.3 is 9.47 Å². The van der Waals surface area contributed by atoms with Crippen molar-refractivity contribution >= 4 is 35.5 Å². The maximum atomic E-state index is 12.8. The number of rotatable bonds is 7. The van der Waals surface area contributed by atoms with E-state index in [-0.39, 0.29) is 18.1 Å². The van der Waals surface area contributed by atoms with Crippen molar-refractivity contribution in [3.63, 3.8) is 0 Å². The van der Waals surface area contributed by atoms with Crippen LogP contribution in [0.5, 0.6) is 0 Å². The van der Waals surface area contributed by atoms with Crippen LogP contribution in [0.2, 0.25) is 5.02 Å². The molecule has 0 aromatic heterocycles. The van der Waals surface area contributed by atoms with Crippen molar-refractivity contribution in [3.8, 4) is 0 Å². The average Bonchev–Trinajstić information content (AvgIpc) is 2.53. The van der Waals surface area contributed by atoms with Crippen LogP contribution in [0, 0.1) is 5.92 Å². The Bertz CT molecular complexity index is 641. The first-order valence-corrected chi connectivity index (χ1v) is 11.0. The molecule has 1 aromatic rings. The van der Waals surface area contributed by atoms with Crippen molar-refractivity contribution in [1.29, 1.82) is 0 Å². The van der Waals surface area contributed by atoms with Crippen LogP contribution in [0.15, 0.2) is 24.3 Å². The van der Waals surface area contributed by atoms with Gasteiger partial charge in [0.1, 0.15) is 5.60 Å². The fourth-order valence-electron chi connectivity index (χ4n) is 2.36. The van der Waals surface area contributed by atoms with Crippen LogP contribution in [0.25, 0.3) is 0 Å². The lowest BCUT2D eigenvalue weighted by atomic mass is 10.1. The molecule has 0 saturated heterocycles. The predicted octanol–water partition coefficient (Wildman–Crippen LogP) is 6.38. The number of thioether (sulfide) groups is 1. The van der Waals surface area contributed by atoms with Crippen LogP contribution < -0.4 is 0 Å². The van der Waals surface area contributed by atoms with Gasteiger partial charge in [-0.1, -0.05) is 37.6 Å². The molecule has 158 valence electrons. The summed E-state index contributed by atoms with van der Waals surface area (Å²) >= 11 is 7.58. The Kier molecular flexibility index (Phi) is 9.64. The Labute approximate surface area is 178 Å². The molecule has 1 rings (SSSR count). The van der Waals surface area contributed by atoms with Gasteiger partial charge in [-0.25, -0.2) is 14.5 Å². The van der Waals surface area contributed by atoms with Crippen molar-refractivity contribution in [2.45, 2.75) is 72.0 Å². The summed E-state index contributed by atoms with van der Waals surface area (Å²) in [6, 6.07) is 7.30. The van der Waals surface area contributed by atoms with E-state index in [2.05, 4.69) is 0 Å². The molecular formula is C21H32ClNO4S. The van der Waals surface area contributed by atoms with Gasteiger partial charge in [-0.05, 0) is 58.2 Å². The van der Waals surface area contributed by atoms with Crippen molar-refractivity contribution < 1.29 is 19.1 Å². The maximum Gasteiger partial charge on any atom is 0.420 e. The summed E-state index contributed by atoms with van der Waals surface area (Å²) in [6.45, 7) is 12.8. The zero-order valence-corrected chi connectivity index (χ0v) is 19.4. The van der Waals surface area contributed by atoms with Crippen LogP contribution in [0.3, 0.4) is 0 Å². The van der Waals surface area contributed by atoms with Gasteiger partial charge in [0, 0.05) is 16.5 Å². The predicted molar refractivity (Wildman–Crippen MR) is 116 cm³/mol. The van der Waals surface area contributed by atoms with E-state index in [0.29, 0.717) is 10.8 Å². The molecule has 0 spiro atoms. The van der Waals surface area contributed by atoms with Crippen molar-refractivity contribution in [1.82, 2.24) is 4.90 Å². The molecule has 0 saturated carbocycles. The molecule has 0 N–H and O–H groups in total. The summed E-state index contributed by atoms with van der Waals surface area (Å²) in [5.74, 6) is 1.37. The second-order valence-corrected chi connectivity index (χ2v) is 9.70. The molecule has 0 heterocycles. The molecule has 1 aromatic carbocycles. The lowest BCUT2D eigenvalue weighted by Gasteiger charge is -2.33. The summed E-state index contributed by atoms with van der Waals surface area (Å²) in [4.78, 5) is 26.6. The highest BCUT2D eigenvalue weighted by molar-refractivity contribution is 7.98. The maximum absolute atomic E-state index is 12.8. The lowest BCUT2D eigenvalue weighted by Crippen LogP contribution is -2.51. The minimum Gasteiger partial charge on any atom is -0.446 e. The fraction of sp³-hybridized carbons (Fsp3) is 0.619. The molecule has 0 unspecified atom stereocenters. The normalized spacial score (nSPS) is 12.8.